The third kappa shape index (κ3) is 8.67. The number of imide groups is 2. The summed E-state index contributed by atoms with van der Waals surface area (Å²) in [6.45, 7) is 0.127. The van der Waals surface area contributed by atoms with E-state index in [-0.39, 0.29) is 44.1 Å². The van der Waals surface area contributed by atoms with Gasteiger partial charge >= 0.3 is 0 Å². The van der Waals surface area contributed by atoms with Crippen LogP contribution in [0.25, 0.3) is 0 Å². The lowest BCUT2D eigenvalue weighted by atomic mass is 10.3. The average molecular weight is 519 g/mol. The minimum Gasteiger partial charge on any atom is -0.301 e. The van der Waals surface area contributed by atoms with E-state index >= 15 is 0 Å². The lowest BCUT2D eigenvalue weighted by molar-refractivity contribution is -0.191. The summed E-state index contributed by atoms with van der Waals surface area (Å²) in [4.78, 5) is 55.8. The normalized spacial score (nSPS) is 15.3. The third-order valence-corrected chi connectivity index (χ3v) is 4.90. The van der Waals surface area contributed by atoms with E-state index in [1.54, 1.807) is 24.4 Å². The first-order valence-corrected chi connectivity index (χ1v) is 10.8. The first kappa shape index (κ1) is 26.6. The molecular formula is C20H20Cl3N4O6+. The predicted molar refractivity (Wildman–Crippen MR) is 119 cm³/mol. The minimum atomic E-state index is -0.394. The standard InChI is InChI=1S/C10H9ClN2O3.C6H5Cl2N.C4H5NO3/c11-8-2-1-7(5-12-8)6-16-13-9(14)3-4-10(13)15;7-3-5-1-2-6(8)9-4-5;6-3-1-2-4(7)5(3)8/h1-2,5H,3-4,6H2;1-2,4H,3H2;8H,1-2H2/p+1. The lowest BCUT2D eigenvalue weighted by Crippen LogP contribution is -2.29. The quantitative estimate of drug-likeness (QED) is 0.263. The van der Waals surface area contributed by atoms with Crippen molar-refractivity contribution in [3.05, 3.63) is 58.1 Å². The van der Waals surface area contributed by atoms with Crippen LogP contribution in [0.1, 0.15) is 36.8 Å². The van der Waals surface area contributed by atoms with E-state index < -0.39 is 11.8 Å². The summed E-state index contributed by atoms with van der Waals surface area (Å²) >= 11 is 16.6. The van der Waals surface area contributed by atoms with Crippen molar-refractivity contribution in [2.45, 2.75) is 38.2 Å². The van der Waals surface area contributed by atoms with E-state index in [4.69, 9.17) is 44.8 Å². The highest BCUT2D eigenvalue weighted by atomic mass is 35.5. The number of alkyl halides is 1. The van der Waals surface area contributed by atoms with Crippen LogP contribution in [0.5, 0.6) is 0 Å². The molecule has 176 valence electrons. The molecule has 0 bridgehead atoms. The number of nitrogens with zero attached hydrogens (tertiary/aromatic N) is 4. The highest BCUT2D eigenvalue weighted by Crippen LogP contribution is 2.14. The molecule has 0 unspecified atom stereocenters. The van der Waals surface area contributed by atoms with Crippen molar-refractivity contribution in [3.8, 4) is 0 Å². The summed E-state index contributed by atoms with van der Waals surface area (Å²) in [5.74, 6) is -0.895. The van der Waals surface area contributed by atoms with Crippen LogP contribution in [0.15, 0.2) is 36.7 Å². The number of rotatable bonds is 4. The van der Waals surface area contributed by atoms with Gasteiger partial charge in [0, 0.05) is 44.0 Å². The van der Waals surface area contributed by atoms with Crippen molar-refractivity contribution in [1.29, 1.82) is 0 Å². The topological polar surface area (TPSA) is 133 Å². The molecule has 10 nitrogen and oxygen atoms in total. The number of hydrogen-bond acceptors (Lipinski definition) is 7. The van der Waals surface area contributed by atoms with Gasteiger partial charge < -0.3 is 5.21 Å². The van der Waals surface area contributed by atoms with E-state index in [1.165, 1.54) is 6.20 Å². The predicted octanol–water partition coefficient (Wildman–Crippen LogP) is 2.56. The van der Waals surface area contributed by atoms with Gasteiger partial charge in [0.25, 0.3) is 23.6 Å². The van der Waals surface area contributed by atoms with Gasteiger partial charge in [-0.25, -0.2) is 9.97 Å². The van der Waals surface area contributed by atoms with Gasteiger partial charge in [-0.05, 0) is 28.3 Å². The molecule has 4 amide bonds. The summed E-state index contributed by atoms with van der Waals surface area (Å²) in [5.41, 5.74) is 1.73. The molecule has 0 atom stereocenters. The molecule has 2 aromatic heterocycles. The van der Waals surface area contributed by atoms with Gasteiger partial charge in [0.2, 0.25) is 0 Å². The smallest absolute Gasteiger partial charge is 0.296 e. The first-order valence-electron chi connectivity index (χ1n) is 9.53. The highest BCUT2D eigenvalue weighted by Gasteiger charge is 2.31. The zero-order valence-corrected chi connectivity index (χ0v) is 19.4. The molecule has 2 aromatic rings. The number of halogens is 3. The van der Waals surface area contributed by atoms with Crippen molar-refractivity contribution >= 4 is 58.4 Å². The number of pyridine rings is 2. The lowest BCUT2D eigenvalue weighted by Gasteiger charge is -2.12. The zero-order chi connectivity index (χ0) is 24.4. The molecule has 0 aliphatic carbocycles. The van der Waals surface area contributed by atoms with Gasteiger partial charge in [0.15, 0.2) is 0 Å². The molecular weight excluding hydrogens is 499 g/mol. The average Bonchev–Trinajstić information content (AvgIpc) is 3.29. The molecule has 0 radical (unpaired) electrons. The molecule has 2 aliphatic rings. The Labute approximate surface area is 203 Å². The van der Waals surface area contributed by atoms with E-state index in [9.17, 15) is 19.2 Å². The summed E-state index contributed by atoms with van der Waals surface area (Å²) in [6, 6.07) is 6.91. The molecule has 13 heteroatoms. The van der Waals surface area contributed by atoms with Gasteiger partial charge in [-0.15, -0.1) is 11.6 Å². The second kappa shape index (κ2) is 13.2. The molecule has 2 saturated heterocycles. The van der Waals surface area contributed by atoms with Crippen molar-refractivity contribution in [2.75, 3.05) is 0 Å². The van der Waals surface area contributed by atoms with Crippen LogP contribution < -0.4 is 0 Å². The number of carbonyl (C=O) groups excluding carboxylic acids is 4. The van der Waals surface area contributed by atoms with Gasteiger partial charge in [-0.3, -0.25) is 24.0 Å². The van der Waals surface area contributed by atoms with Crippen LogP contribution in [0.4, 0.5) is 0 Å². The minimum absolute atomic E-state index is 0.127. The maximum Gasteiger partial charge on any atom is 0.296 e. The Morgan fingerprint density at radius 2 is 1.24 bits per heavy atom. The number of carbonyl (C=O) groups is 4. The first-order chi connectivity index (χ1) is 15.7. The number of amides is 4. The molecule has 2 aliphatic heterocycles. The second-order valence-electron chi connectivity index (χ2n) is 6.59. The molecule has 0 saturated carbocycles. The molecule has 0 spiro atoms. The van der Waals surface area contributed by atoms with Crippen molar-refractivity contribution in [1.82, 2.24) is 20.1 Å². The van der Waals surface area contributed by atoms with Crippen LogP contribution in [-0.2, 0) is 36.5 Å². The fraction of sp³-hybridized carbons (Fsp3) is 0.300. The SMILES string of the molecule is ClCc1ccc(Cl)nc1.O=C1CCC(=O)N1OCc1ccc(Cl)nc1.O=C1CCC(=O)N1[OH2+]. The molecule has 4 rings (SSSR count). The van der Waals surface area contributed by atoms with Gasteiger partial charge in [-0.2, -0.15) is 5.06 Å². The van der Waals surface area contributed by atoms with E-state index in [0.717, 1.165) is 16.2 Å². The van der Waals surface area contributed by atoms with Crippen LogP contribution >= 0.6 is 34.8 Å². The molecule has 2 fully saturated rings. The van der Waals surface area contributed by atoms with Gasteiger partial charge in [0.05, 0.1) is 0 Å². The zero-order valence-electron chi connectivity index (χ0n) is 17.2. The van der Waals surface area contributed by atoms with E-state index in [1.807, 2.05) is 6.07 Å². The fourth-order valence-electron chi connectivity index (χ4n) is 2.39. The Balaban J connectivity index is 0.000000192. The molecule has 4 heterocycles. The summed E-state index contributed by atoms with van der Waals surface area (Å²) in [5, 5.41) is 8.80. The van der Waals surface area contributed by atoms with Gasteiger partial charge in [0.1, 0.15) is 16.9 Å². The van der Waals surface area contributed by atoms with E-state index in [2.05, 4.69) is 9.97 Å². The molecule has 33 heavy (non-hydrogen) atoms. The maximum atomic E-state index is 11.2. The highest BCUT2D eigenvalue weighted by molar-refractivity contribution is 6.29. The molecule has 2 N–H and O–H groups in total. The van der Waals surface area contributed by atoms with E-state index in [0.29, 0.717) is 21.2 Å². The van der Waals surface area contributed by atoms with Crippen LogP contribution in [0.2, 0.25) is 10.3 Å². The van der Waals surface area contributed by atoms with Gasteiger partial charge in [-0.1, -0.05) is 35.3 Å². The summed E-state index contributed by atoms with van der Waals surface area (Å²) in [6.07, 6.45) is 4.06. The van der Waals surface area contributed by atoms with Crippen molar-refractivity contribution in [2.24, 2.45) is 0 Å². The monoisotopic (exact) mass is 517 g/mol. The Kier molecular flexibility index (Phi) is 10.6. The van der Waals surface area contributed by atoms with Crippen LogP contribution in [0, 0.1) is 0 Å². The van der Waals surface area contributed by atoms with Crippen molar-refractivity contribution < 1.29 is 29.2 Å². The Morgan fingerprint density at radius 3 is 1.61 bits per heavy atom. The largest absolute Gasteiger partial charge is 0.301 e. The Hall–Kier alpha value is -2.63. The fourth-order valence-corrected chi connectivity index (χ4v) is 2.77. The maximum absolute atomic E-state index is 11.2. The van der Waals surface area contributed by atoms with Crippen molar-refractivity contribution in [3.63, 3.8) is 0 Å². The Morgan fingerprint density at radius 1 is 0.788 bits per heavy atom. The summed E-state index contributed by atoms with van der Waals surface area (Å²) in [7, 11) is 0. The number of hydroxylamine groups is 4. The Bertz CT molecular complexity index is 956. The molecule has 0 aromatic carbocycles. The summed E-state index contributed by atoms with van der Waals surface area (Å²) < 4.78 is 0. The number of aromatic nitrogens is 2. The second-order valence-corrected chi connectivity index (χ2v) is 7.63. The third-order valence-electron chi connectivity index (χ3n) is 4.15. The van der Waals surface area contributed by atoms with Crippen LogP contribution in [-0.4, -0.2) is 48.9 Å². The van der Waals surface area contributed by atoms with Crippen LogP contribution in [0.3, 0.4) is 0 Å². The number of hydrogen-bond donors (Lipinski definition) is 0.